The zero-order chi connectivity index (χ0) is 19.9. The van der Waals surface area contributed by atoms with Crippen LogP contribution < -0.4 is 0 Å². The summed E-state index contributed by atoms with van der Waals surface area (Å²) in [6.45, 7) is 6.70. The molecule has 1 aromatic rings. The summed E-state index contributed by atoms with van der Waals surface area (Å²) in [7, 11) is 0. The van der Waals surface area contributed by atoms with Gasteiger partial charge in [-0.15, -0.1) is 0 Å². The van der Waals surface area contributed by atoms with Crippen LogP contribution in [0.5, 0.6) is 0 Å². The first-order valence-electron chi connectivity index (χ1n) is 11.8. The van der Waals surface area contributed by atoms with Gasteiger partial charge >= 0.3 is 0 Å². The van der Waals surface area contributed by atoms with Gasteiger partial charge in [0.05, 0.1) is 13.2 Å². The fraction of sp³-hybridized carbons (Fsp3) is 0.571. The lowest BCUT2D eigenvalue weighted by Gasteiger charge is -2.57. The van der Waals surface area contributed by atoms with Gasteiger partial charge in [-0.2, -0.15) is 0 Å². The molecule has 4 aliphatic carbocycles. The molecule has 154 valence electrons. The fourth-order valence-electron chi connectivity index (χ4n) is 7.33. The molecule has 0 aliphatic heterocycles. The Balaban J connectivity index is 1.23. The van der Waals surface area contributed by atoms with Gasteiger partial charge in [0.1, 0.15) is 0 Å². The molecule has 29 heavy (non-hydrogen) atoms. The molecule has 2 saturated carbocycles. The minimum Gasteiger partial charge on any atom is -0.376 e. The highest BCUT2D eigenvalue weighted by atomic mass is 16.5. The normalized spacial score (nSPS) is 37.9. The number of benzene rings is 1. The maximum Gasteiger partial charge on any atom is 0.0717 e. The first-order valence-corrected chi connectivity index (χ1v) is 11.8. The molecular weight excluding hydrogens is 352 g/mol. The standard InChI is InChI=1S/C28H36O/c1-27-17-7-6-10-22(27)11-13-24-25-14-12-23(28(25,2)18-15-26(24)27)16-19-29-20-21-8-4-3-5-9-21/h3-5,7-10,12,17,24-26H,6,11,13-16,18-20H2,1-2H3/t24-,25-,26-,27-,28+/m0/s1. The summed E-state index contributed by atoms with van der Waals surface area (Å²) < 4.78 is 6.04. The van der Waals surface area contributed by atoms with Crippen LogP contribution in [0.2, 0.25) is 0 Å². The second kappa shape index (κ2) is 7.58. The van der Waals surface area contributed by atoms with Crippen molar-refractivity contribution in [3.8, 4) is 0 Å². The average Bonchev–Trinajstić information content (AvgIpc) is 3.08. The summed E-state index contributed by atoms with van der Waals surface area (Å²) in [6.07, 6.45) is 19.2. The van der Waals surface area contributed by atoms with Crippen molar-refractivity contribution >= 4 is 0 Å². The van der Waals surface area contributed by atoms with Gasteiger partial charge in [-0.05, 0) is 73.7 Å². The highest BCUT2D eigenvalue weighted by Crippen LogP contribution is 2.64. The number of fused-ring (bicyclic) bond motifs is 5. The van der Waals surface area contributed by atoms with Gasteiger partial charge in [-0.1, -0.05) is 79.6 Å². The van der Waals surface area contributed by atoms with Gasteiger partial charge < -0.3 is 4.74 Å². The Morgan fingerprint density at radius 3 is 2.76 bits per heavy atom. The van der Waals surface area contributed by atoms with Crippen molar-refractivity contribution in [1.82, 2.24) is 0 Å². The summed E-state index contributed by atoms with van der Waals surface area (Å²) in [5, 5.41) is 0. The van der Waals surface area contributed by atoms with Gasteiger partial charge in [0.15, 0.2) is 0 Å². The molecule has 5 atom stereocenters. The van der Waals surface area contributed by atoms with Crippen LogP contribution in [0, 0.1) is 28.6 Å². The van der Waals surface area contributed by atoms with E-state index < -0.39 is 0 Å². The van der Waals surface area contributed by atoms with E-state index >= 15 is 0 Å². The Kier molecular flexibility index (Phi) is 5.06. The fourth-order valence-corrected chi connectivity index (χ4v) is 7.33. The number of hydrogen-bond acceptors (Lipinski definition) is 1. The van der Waals surface area contributed by atoms with E-state index in [0.717, 1.165) is 43.8 Å². The van der Waals surface area contributed by atoms with Crippen molar-refractivity contribution in [2.45, 2.75) is 65.4 Å². The minimum absolute atomic E-state index is 0.337. The second-order valence-corrected chi connectivity index (χ2v) is 10.3. The molecule has 0 bridgehead atoms. The van der Waals surface area contributed by atoms with Crippen molar-refractivity contribution in [2.24, 2.45) is 28.6 Å². The van der Waals surface area contributed by atoms with E-state index in [1.54, 1.807) is 11.1 Å². The van der Waals surface area contributed by atoms with Crippen molar-refractivity contribution in [3.05, 3.63) is 71.3 Å². The van der Waals surface area contributed by atoms with Crippen LogP contribution in [0.1, 0.15) is 64.4 Å². The molecule has 0 unspecified atom stereocenters. The highest BCUT2D eigenvalue weighted by molar-refractivity contribution is 5.33. The molecule has 0 saturated heterocycles. The maximum absolute atomic E-state index is 6.04. The molecule has 2 fully saturated rings. The zero-order valence-electron chi connectivity index (χ0n) is 18.2. The monoisotopic (exact) mass is 388 g/mol. The Bertz CT molecular complexity index is 831. The van der Waals surface area contributed by atoms with Crippen molar-refractivity contribution in [1.29, 1.82) is 0 Å². The predicted molar refractivity (Wildman–Crippen MR) is 120 cm³/mol. The molecule has 5 rings (SSSR count). The first kappa shape index (κ1) is 19.4. The molecular formula is C28H36O. The lowest BCUT2D eigenvalue weighted by molar-refractivity contribution is -0.00867. The maximum atomic E-state index is 6.04. The molecule has 0 N–H and O–H groups in total. The summed E-state index contributed by atoms with van der Waals surface area (Å²) in [4.78, 5) is 0. The Labute approximate surface area is 176 Å². The number of rotatable bonds is 5. The quantitative estimate of drug-likeness (QED) is 0.381. The molecule has 0 aromatic heterocycles. The molecule has 1 heteroatoms. The molecule has 0 spiro atoms. The van der Waals surface area contributed by atoms with Crippen molar-refractivity contribution in [3.63, 3.8) is 0 Å². The van der Waals surface area contributed by atoms with E-state index in [1.807, 2.05) is 0 Å². The van der Waals surface area contributed by atoms with Gasteiger partial charge in [0.25, 0.3) is 0 Å². The van der Waals surface area contributed by atoms with Gasteiger partial charge in [0, 0.05) is 5.41 Å². The van der Waals surface area contributed by atoms with Gasteiger partial charge in [0.2, 0.25) is 0 Å². The zero-order valence-corrected chi connectivity index (χ0v) is 18.2. The molecule has 1 aromatic carbocycles. The summed E-state index contributed by atoms with van der Waals surface area (Å²) in [5.74, 6) is 2.58. The summed E-state index contributed by atoms with van der Waals surface area (Å²) >= 11 is 0. The summed E-state index contributed by atoms with van der Waals surface area (Å²) in [6, 6.07) is 10.6. The van der Waals surface area contributed by atoms with Crippen LogP contribution in [-0.2, 0) is 11.3 Å². The largest absolute Gasteiger partial charge is 0.376 e. The number of allylic oxidation sites excluding steroid dienone is 5. The SMILES string of the molecule is C[C@]12C=CCC=C1CC[C@@H]1[C@@H]2CC[C@]2(C)C(CCOCc3ccccc3)=CC[C@@H]12. The lowest BCUT2D eigenvalue weighted by Crippen LogP contribution is -2.48. The third-order valence-electron chi connectivity index (χ3n) is 8.98. The minimum atomic E-state index is 0.337. The van der Waals surface area contributed by atoms with Crippen LogP contribution in [-0.4, -0.2) is 6.61 Å². The Morgan fingerprint density at radius 1 is 1.03 bits per heavy atom. The molecule has 4 aliphatic rings. The van der Waals surface area contributed by atoms with Crippen LogP contribution in [0.3, 0.4) is 0 Å². The number of hydrogen-bond donors (Lipinski definition) is 0. The van der Waals surface area contributed by atoms with Crippen LogP contribution >= 0.6 is 0 Å². The highest BCUT2D eigenvalue weighted by Gasteiger charge is 2.55. The van der Waals surface area contributed by atoms with Crippen LogP contribution in [0.4, 0.5) is 0 Å². The van der Waals surface area contributed by atoms with E-state index in [-0.39, 0.29) is 0 Å². The molecule has 0 heterocycles. The Hall–Kier alpha value is -1.60. The van der Waals surface area contributed by atoms with Crippen LogP contribution in [0.15, 0.2) is 65.8 Å². The number of ether oxygens (including phenoxy) is 1. The lowest BCUT2D eigenvalue weighted by atomic mass is 9.48. The van der Waals surface area contributed by atoms with E-state index in [4.69, 9.17) is 4.74 Å². The van der Waals surface area contributed by atoms with Gasteiger partial charge in [-0.3, -0.25) is 0 Å². The van der Waals surface area contributed by atoms with Crippen molar-refractivity contribution < 1.29 is 4.74 Å². The molecule has 0 radical (unpaired) electrons. The predicted octanol–water partition coefficient (Wildman–Crippen LogP) is 7.26. The Morgan fingerprint density at radius 2 is 1.90 bits per heavy atom. The topological polar surface area (TPSA) is 9.23 Å². The van der Waals surface area contributed by atoms with Crippen LogP contribution in [0.25, 0.3) is 0 Å². The van der Waals surface area contributed by atoms with Gasteiger partial charge in [-0.25, -0.2) is 0 Å². The smallest absolute Gasteiger partial charge is 0.0717 e. The third kappa shape index (κ3) is 3.26. The molecule has 1 nitrogen and oxygen atoms in total. The average molecular weight is 389 g/mol. The first-order chi connectivity index (χ1) is 14.1. The van der Waals surface area contributed by atoms with Crippen molar-refractivity contribution in [2.75, 3.05) is 6.61 Å². The third-order valence-corrected chi connectivity index (χ3v) is 8.98. The van der Waals surface area contributed by atoms with E-state index in [1.165, 1.54) is 37.7 Å². The summed E-state index contributed by atoms with van der Waals surface area (Å²) in [5.41, 5.74) is 5.46. The second-order valence-electron chi connectivity index (χ2n) is 10.3. The van der Waals surface area contributed by atoms with E-state index in [0.29, 0.717) is 10.8 Å². The molecule has 0 amide bonds. The van der Waals surface area contributed by atoms with E-state index in [2.05, 4.69) is 68.5 Å². The van der Waals surface area contributed by atoms with E-state index in [9.17, 15) is 0 Å².